The van der Waals surface area contributed by atoms with Crippen molar-refractivity contribution in [1.29, 1.82) is 0 Å². The topological polar surface area (TPSA) is 34.1 Å². The number of benzene rings is 1. The van der Waals surface area contributed by atoms with Crippen LogP contribution < -0.4 is 0 Å². The molecule has 0 heterocycles. The first-order valence-corrected chi connectivity index (χ1v) is 6.84. The third-order valence-electron chi connectivity index (χ3n) is 2.69. The zero-order valence-corrected chi connectivity index (χ0v) is 10.8. The molecule has 88 valence electrons. The fourth-order valence-electron chi connectivity index (χ4n) is 1.34. The molecule has 0 amide bonds. The van der Waals surface area contributed by atoms with Crippen LogP contribution in [0.25, 0.3) is 0 Å². The van der Waals surface area contributed by atoms with Gasteiger partial charge in [0, 0.05) is 10.8 Å². The monoisotopic (exact) mass is 238 g/mol. The molecule has 2 unspecified atom stereocenters. The number of carbonyl (C=O) groups excluding carboxylic acids is 1. The molecule has 0 aromatic heterocycles. The Labute approximate surface area is 99.5 Å². The first kappa shape index (κ1) is 13.1. The van der Waals surface area contributed by atoms with E-state index in [2.05, 4.69) is 0 Å². The number of carbonyl (C=O) groups is 1. The molecule has 3 heteroatoms. The van der Waals surface area contributed by atoms with Gasteiger partial charge in [-0.1, -0.05) is 26.0 Å². The van der Waals surface area contributed by atoms with Gasteiger partial charge in [-0.3, -0.25) is 9.00 Å². The molecule has 16 heavy (non-hydrogen) atoms. The lowest BCUT2D eigenvalue weighted by atomic mass is 10.1. The van der Waals surface area contributed by atoms with Crippen molar-refractivity contribution in [3.05, 3.63) is 29.8 Å². The van der Waals surface area contributed by atoms with Crippen LogP contribution in [0.4, 0.5) is 0 Å². The maximum absolute atomic E-state index is 11.9. The average molecular weight is 238 g/mol. The lowest BCUT2D eigenvalue weighted by Gasteiger charge is -2.07. The molecule has 0 saturated heterocycles. The number of ketones is 1. The van der Waals surface area contributed by atoms with Crippen LogP contribution in [0.5, 0.6) is 0 Å². The van der Waals surface area contributed by atoms with E-state index in [1.807, 2.05) is 45.0 Å². The Bertz CT molecular complexity index is 399. The first-order valence-electron chi connectivity index (χ1n) is 5.52. The van der Waals surface area contributed by atoms with E-state index in [1.165, 1.54) is 0 Å². The molecule has 0 aliphatic carbocycles. The highest BCUT2D eigenvalue weighted by Gasteiger charge is 2.15. The summed E-state index contributed by atoms with van der Waals surface area (Å²) in [6.45, 7) is 5.81. The van der Waals surface area contributed by atoms with Gasteiger partial charge < -0.3 is 0 Å². The van der Waals surface area contributed by atoms with Gasteiger partial charge >= 0.3 is 0 Å². The Kier molecular flexibility index (Phi) is 4.87. The van der Waals surface area contributed by atoms with E-state index in [4.69, 9.17) is 0 Å². The Morgan fingerprint density at radius 3 is 2.69 bits per heavy atom. The van der Waals surface area contributed by atoms with Crippen LogP contribution in [0.15, 0.2) is 29.2 Å². The molecule has 0 saturated carbocycles. The predicted molar refractivity (Wildman–Crippen MR) is 66.9 cm³/mol. The highest BCUT2D eigenvalue weighted by molar-refractivity contribution is 7.85. The third-order valence-corrected chi connectivity index (χ3v) is 4.01. The summed E-state index contributed by atoms with van der Waals surface area (Å²) in [6.07, 6.45) is 0.809. The molecule has 0 radical (unpaired) electrons. The summed E-state index contributed by atoms with van der Waals surface area (Å²) in [6, 6.07) is 7.51. The molecule has 1 rings (SSSR count). The van der Waals surface area contributed by atoms with Crippen molar-refractivity contribution in [3.63, 3.8) is 0 Å². The minimum absolute atomic E-state index is 0.00811. The maximum atomic E-state index is 11.9. The van der Waals surface area contributed by atoms with Crippen molar-refractivity contribution >= 4 is 16.6 Å². The molecule has 0 aliphatic heterocycles. The van der Waals surface area contributed by atoms with Gasteiger partial charge in [0.05, 0.1) is 16.6 Å². The van der Waals surface area contributed by atoms with E-state index in [0.29, 0.717) is 0 Å². The normalized spacial score (nSPS) is 14.4. The van der Waals surface area contributed by atoms with Crippen LogP contribution >= 0.6 is 0 Å². The quantitative estimate of drug-likeness (QED) is 0.790. The van der Waals surface area contributed by atoms with Crippen molar-refractivity contribution in [2.75, 3.05) is 5.75 Å². The molecule has 1 aromatic carbocycles. The minimum Gasteiger partial charge on any atom is -0.298 e. The number of Topliss-reactive ketones (excluding diaryl/α,β-unsaturated/α-hetero) is 1. The van der Waals surface area contributed by atoms with Gasteiger partial charge in [0.1, 0.15) is 5.78 Å². The molecule has 0 bridgehead atoms. The summed E-state index contributed by atoms with van der Waals surface area (Å²) < 4.78 is 11.9. The maximum Gasteiger partial charge on any atom is 0.148 e. The highest BCUT2D eigenvalue weighted by atomic mass is 32.2. The second-order valence-electron chi connectivity index (χ2n) is 4.08. The standard InChI is InChI=1S/C13H18O2S/c1-4-11(3)13(14)9-16(15)12-7-5-6-10(2)8-12/h5-8,11H,4,9H2,1-3H3. The Morgan fingerprint density at radius 1 is 1.44 bits per heavy atom. The van der Waals surface area contributed by atoms with Gasteiger partial charge in [0.25, 0.3) is 0 Å². The SMILES string of the molecule is CCC(C)C(=O)CS(=O)c1cccc(C)c1. The second kappa shape index (κ2) is 5.94. The summed E-state index contributed by atoms with van der Waals surface area (Å²) in [5.41, 5.74) is 1.07. The fraction of sp³-hybridized carbons (Fsp3) is 0.462. The lowest BCUT2D eigenvalue weighted by Crippen LogP contribution is -2.18. The number of aryl methyl sites for hydroxylation is 1. The van der Waals surface area contributed by atoms with E-state index in [1.54, 1.807) is 0 Å². The van der Waals surface area contributed by atoms with Crippen molar-refractivity contribution in [1.82, 2.24) is 0 Å². The summed E-state index contributed by atoms with van der Waals surface area (Å²) in [5, 5.41) is 0. The number of rotatable bonds is 5. The Balaban J connectivity index is 2.69. The van der Waals surface area contributed by atoms with Crippen molar-refractivity contribution < 1.29 is 9.00 Å². The van der Waals surface area contributed by atoms with Gasteiger partial charge in [0.15, 0.2) is 0 Å². The van der Waals surface area contributed by atoms with E-state index >= 15 is 0 Å². The van der Waals surface area contributed by atoms with Crippen LogP contribution in [-0.4, -0.2) is 15.7 Å². The highest BCUT2D eigenvalue weighted by Crippen LogP contribution is 2.11. The molecule has 0 aliphatic rings. The molecule has 2 nitrogen and oxygen atoms in total. The van der Waals surface area contributed by atoms with Crippen LogP contribution in [0.2, 0.25) is 0 Å². The molecule has 1 aromatic rings. The molecule has 2 atom stereocenters. The lowest BCUT2D eigenvalue weighted by molar-refractivity contribution is -0.119. The van der Waals surface area contributed by atoms with Crippen LogP contribution in [0.1, 0.15) is 25.8 Å². The number of hydrogen-bond acceptors (Lipinski definition) is 2. The summed E-state index contributed by atoms with van der Waals surface area (Å²) in [4.78, 5) is 12.4. The zero-order chi connectivity index (χ0) is 12.1. The van der Waals surface area contributed by atoms with Gasteiger partial charge in [-0.05, 0) is 31.0 Å². The summed E-state index contributed by atoms with van der Waals surface area (Å²) in [5.74, 6) is 0.231. The van der Waals surface area contributed by atoms with Crippen LogP contribution in [0, 0.1) is 12.8 Å². The largest absolute Gasteiger partial charge is 0.298 e. The molecular formula is C13H18O2S. The third kappa shape index (κ3) is 3.56. The molecular weight excluding hydrogens is 220 g/mol. The average Bonchev–Trinajstić information content (AvgIpc) is 2.27. The van der Waals surface area contributed by atoms with Crippen molar-refractivity contribution in [3.8, 4) is 0 Å². The first-order chi connectivity index (χ1) is 7.54. The van der Waals surface area contributed by atoms with Gasteiger partial charge in [-0.2, -0.15) is 0 Å². The van der Waals surface area contributed by atoms with E-state index in [9.17, 15) is 9.00 Å². The van der Waals surface area contributed by atoms with Crippen LogP contribution in [0.3, 0.4) is 0 Å². The number of hydrogen-bond donors (Lipinski definition) is 0. The van der Waals surface area contributed by atoms with Crippen molar-refractivity contribution in [2.45, 2.75) is 32.1 Å². The minimum atomic E-state index is -1.20. The van der Waals surface area contributed by atoms with Gasteiger partial charge in [-0.25, -0.2) is 0 Å². The molecule has 0 N–H and O–H groups in total. The summed E-state index contributed by atoms with van der Waals surface area (Å²) >= 11 is 0. The Morgan fingerprint density at radius 2 is 2.12 bits per heavy atom. The predicted octanol–water partition coefficient (Wildman–Crippen LogP) is 2.72. The van der Waals surface area contributed by atoms with E-state index in [0.717, 1.165) is 16.9 Å². The molecule has 0 spiro atoms. The zero-order valence-electron chi connectivity index (χ0n) is 10.0. The van der Waals surface area contributed by atoms with Gasteiger partial charge in [0.2, 0.25) is 0 Å². The fourth-order valence-corrected chi connectivity index (χ4v) is 2.60. The van der Waals surface area contributed by atoms with Gasteiger partial charge in [-0.15, -0.1) is 0 Å². The van der Waals surface area contributed by atoms with E-state index < -0.39 is 10.8 Å². The van der Waals surface area contributed by atoms with Crippen molar-refractivity contribution in [2.24, 2.45) is 5.92 Å². The Hall–Kier alpha value is -0.960. The summed E-state index contributed by atoms with van der Waals surface area (Å²) in [7, 11) is -1.20. The van der Waals surface area contributed by atoms with Crippen LogP contribution in [-0.2, 0) is 15.6 Å². The smallest absolute Gasteiger partial charge is 0.148 e. The van der Waals surface area contributed by atoms with E-state index in [-0.39, 0.29) is 17.5 Å². The second-order valence-corrected chi connectivity index (χ2v) is 5.53. The molecule has 0 fully saturated rings.